The Hall–Kier alpha value is -1.87. The summed E-state index contributed by atoms with van der Waals surface area (Å²) in [6.07, 6.45) is 2.91. The van der Waals surface area contributed by atoms with Crippen molar-refractivity contribution < 1.29 is 13.2 Å². The third-order valence-electron chi connectivity index (χ3n) is 4.85. The number of rotatable bonds is 6. The van der Waals surface area contributed by atoms with Crippen molar-refractivity contribution in [3.05, 3.63) is 62.4 Å². The standard InChI is InChI=1S/C19H20ClN3O3S2/c20-18-4-3-16(27-18)7-10-28(25,26)22-17-6-9-23(19(17)24)15-2-1-14-12-21-8-5-13(14)11-15/h1-4,6,11,21-22H,5,7-10,12H2. The fourth-order valence-electron chi connectivity index (χ4n) is 3.38. The number of aryl methyl sites for hydroxylation is 1. The average molecular weight is 438 g/mol. The molecule has 0 fully saturated rings. The molecule has 0 spiro atoms. The highest BCUT2D eigenvalue weighted by Gasteiger charge is 2.28. The topological polar surface area (TPSA) is 78.5 Å². The van der Waals surface area contributed by atoms with Crippen LogP contribution in [0.25, 0.3) is 0 Å². The van der Waals surface area contributed by atoms with Crippen molar-refractivity contribution in [2.45, 2.75) is 19.4 Å². The van der Waals surface area contributed by atoms with Gasteiger partial charge in [-0.15, -0.1) is 11.3 Å². The van der Waals surface area contributed by atoms with Crippen LogP contribution in [-0.4, -0.2) is 33.2 Å². The van der Waals surface area contributed by atoms with Gasteiger partial charge in [-0.3, -0.25) is 9.52 Å². The normalized spacial score (nSPS) is 16.8. The third kappa shape index (κ3) is 4.25. The second-order valence-electron chi connectivity index (χ2n) is 6.79. The summed E-state index contributed by atoms with van der Waals surface area (Å²) in [6, 6.07) is 9.53. The van der Waals surface area contributed by atoms with Gasteiger partial charge in [0.05, 0.1) is 10.1 Å². The molecule has 148 valence electrons. The molecule has 0 aliphatic carbocycles. The first kappa shape index (κ1) is 19.4. The molecule has 0 bridgehead atoms. The lowest BCUT2D eigenvalue weighted by Crippen LogP contribution is -2.34. The van der Waals surface area contributed by atoms with Gasteiger partial charge in [0.1, 0.15) is 5.70 Å². The van der Waals surface area contributed by atoms with Crippen molar-refractivity contribution in [1.29, 1.82) is 0 Å². The van der Waals surface area contributed by atoms with Crippen molar-refractivity contribution in [3.8, 4) is 0 Å². The molecule has 6 nitrogen and oxygen atoms in total. The van der Waals surface area contributed by atoms with Gasteiger partial charge in [-0.25, -0.2) is 8.42 Å². The van der Waals surface area contributed by atoms with Gasteiger partial charge < -0.3 is 10.2 Å². The molecule has 2 N–H and O–H groups in total. The number of benzene rings is 1. The highest BCUT2D eigenvalue weighted by molar-refractivity contribution is 7.89. The molecule has 2 aliphatic rings. The molecule has 0 atom stereocenters. The monoisotopic (exact) mass is 437 g/mol. The van der Waals surface area contributed by atoms with Crippen molar-refractivity contribution in [2.75, 3.05) is 23.7 Å². The first-order valence-corrected chi connectivity index (χ1v) is 11.9. The molecular weight excluding hydrogens is 418 g/mol. The maximum absolute atomic E-state index is 12.7. The molecule has 0 radical (unpaired) electrons. The quantitative estimate of drug-likeness (QED) is 0.727. The van der Waals surface area contributed by atoms with Crippen LogP contribution in [0.4, 0.5) is 5.69 Å². The van der Waals surface area contributed by atoms with E-state index in [1.54, 1.807) is 17.0 Å². The molecule has 2 aliphatic heterocycles. The Morgan fingerprint density at radius 3 is 2.86 bits per heavy atom. The van der Waals surface area contributed by atoms with Crippen LogP contribution in [0.5, 0.6) is 0 Å². The minimum atomic E-state index is -3.62. The SMILES string of the molecule is O=C1C(NS(=O)(=O)CCc2ccc(Cl)s2)=CCN1c1ccc2c(c1)CCNC2. The van der Waals surface area contributed by atoms with Gasteiger partial charge in [-0.1, -0.05) is 17.7 Å². The van der Waals surface area contributed by atoms with E-state index in [9.17, 15) is 13.2 Å². The first-order valence-electron chi connectivity index (χ1n) is 9.00. The summed E-state index contributed by atoms with van der Waals surface area (Å²) in [5.74, 6) is -0.419. The van der Waals surface area contributed by atoms with Crippen LogP contribution in [0, 0.1) is 0 Å². The number of nitrogens with one attached hydrogen (secondary N) is 2. The molecule has 2 aromatic rings. The smallest absolute Gasteiger partial charge is 0.275 e. The van der Waals surface area contributed by atoms with Gasteiger partial charge in [-0.05, 0) is 60.9 Å². The Balaban J connectivity index is 1.41. The molecule has 1 amide bonds. The van der Waals surface area contributed by atoms with Crippen molar-refractivity contribution >= 4 is 44.6 Å². The Morgan fingerprint density at radius 2 is 2.07 bits per heavy atom. The zero-order valence-corrected chi connectivity index (χ0v) is 17.5. The fourth-order valence-corrected chi connectivity index (χ4v) is 5.69. The predicted octanol–water partition coefficient (Wildman–Crippen LogP) is 2.44. The number of carbonyl (C=O) groups is 1. The van der Waals surface area contributed by atoms with Crippen LogP contribution in [0.2, 0.25) is 4.34 Å². The number of amides is 1. The molecule has 9 heteroatoms. The van der Waals surface area contributed by atoms with Crippen LogP contribution in [0.3, 0.4) is 0 Å². The summed E-state index contributed by atoms with van der Waals surface area (Å²) in [7, 11) is -3.62. The van der Waals surface area contributed by atoms with Crippen molar-refractivity contribution in [2.24, 2.45) is 0 Å². The van der Waals surface area contributed by atoms with Gasteiger partial charge in [-0.2, -0.15) is 0 Å². The van der Waals surface area contributed by atoms with Crippen LogP contribution in [-0.2, 0) is 34.2 Å². The van der Waals surface area contributed by atoms with E-state index in [-0.39, 0.29) is 17.4 Å². The van der Waals surface area contributed by atoms with E-state index in [2.05, 4.69) is 10.0 Å². The summed E-state index contributed by atoms with van der Waals surface area (Å²) in [5, 5.41) is 3.32. The first-order chi connectivity index (χ1) is 13.4. The number of halogens is 1. The molecular formula is C19H20ClN3O3S2. The Morgan fingerprint density at radius 1 is 1.21 bits per heavy atom. The predicted molar refractivity (Wildman–Crippen MR) is 112 cm³/mol. The van der Waals surface area contributed by atoms with Crippen LogP contribution in [0.1, 0.15) is 16.0 Å². The Labute approximate surface area is 173 Å². The summed E-state index contributed by atoms with van der Waals surface area (Å²) < 4.78 is 27.9. The van der Waals surface area contributed by atoms with E-state index in [0.717, 1.165) is 30.1 Å². The van der Waals surface area contributed by atoms with Crippen LogP contribution in [0.15, 0.2) is 42.1 Å². The lowest BCUT2D eigenvalue weighted by Gasteiger charge is -2.22. The maximum atomic E-state index is 12.7. The van der Waals surface area contributed by atoms with E-state index < -0.39 is 10.0 Å². The summed E-state index contributed by atoms with van der Waals surface area (Å²) in [5.41, 5.74) is 3.38. The number of sulfonamides is 1. The molecule has 0 saturated carbocycles. The minimum Gasteiger partial charge on any atom is -0.312 e. The van der Waals surface area contributed by atoms with Gasteiger partial charge in [0.15, 0.2) is 0 Å². The van der Waals surface area contributed by atoms with Crippen LogP contribution >= 0.6 is 22.9 Å². The number of hydrogen-bond acceptors (Lipinski definition) is 5. The molecule has 0 saturated heterocycles. The van der Waals surface area contributed by atoms with Gasteiger partial charge in [0.25, 0.3) is 5.91 Å². The molecule has 1 aromatic heterocycles. The second kappa shape index (κ2) is 7.87. The van der Waals surface area contributed by atoms with Gasteiger partial charge in [0.2, 0.25) is 10.0 Å². The number of hydrogen-bond donors (Lipinski definition) is 2. The minimum absolute atomic E-state index is 0.0969. The Kier molecular flexibility index (Phi) is 5.46. The highest BCUT2D eigenvalue weighted by atomic mass is 35.5. The molecule has 3 heterocycles. The third-order valence-corrected chi connectivity index (χ3v) is 7.42. The maximum Gasteiger partial charge on any atom is 0.275 e. The Bertz CT molecular complexity index is 1050. The van der Waals surface area contributed by atoms with E-state index >= 15 is 0 Å². The average Bonchev–Trinajstić information content (AvgIpc) is 3.25. The number of anilines is 1. The number of carbonyl (C=O) groups excluding carboxylic acids is 1. The number of thiophene rings is 1. The van der Waals surface area contributed by atoms with E-state index in [1.165, 1.54) is 22.5 Å². The second-order valence-corrected chi connectivity index (χ2v) is 10.4. The van der Waals surface area contributed by atoms with E-state index in [1.807, 2.05) is 24.3 Å². The van der Waals surface area contributed by atoms with E-state index in [0.29, 0.717) is 17.3 Å². The highest BCUT2D eigenvalue weighted by Crippen LogP contribution is 2.26. The molecule has 0 unspecified atom stereocenters. The number of fused-ring (bicyclic) bond motifs is 1. The zero-order chi connectivity index (χ0) is 19.7. The summed E-state index contributed by atoms with van der Waals surface area (Å²) >= 11 is 7.24. The molecule has 4 rings (SSSR count). The number of nitrogens with zero attached hydrogens (tertiary/aromatic N) is 1. The van der Waals surface area contributed by atoms with Crippen molar-refractivity contribution in [1.82, 2.24) is 10.0 Å². The van der Waals surface area contributed by atoms with Crippen molar-refractivity contribution in [3.63, 3.8) is 0 Å². The van der Waals surface area contributed by atoms with E-state index in [4.69, 9.17) is 11.6 Å². The lowest BCUT2D eigenvalue weighted by atomic mass is 10.00. The molecule has 1 aromatic carbocycles. The summed E-state index contributed by atoms with van der Waals surface area (Å²) in [6.45, 7) is 2.11. The molecule has 28 heavy (non-hydrogen) atoms. The summed E-state index contributed by atoms with van der Waals surface area (Å²) in [4.78, 5) is 15.2. The lowest BCUT2D eigenvalue weighted by molar-refractivity contribution is -0.114. The van der Waals surface area contributed by atoms with Gasteiger partial charge >= 0.3 is 0 Å². The van der Waals surface area contributed by atoms with Crippen LogP contribution < -0.4 is 14.9 Å². The zero-order valence-electron chi connectivity index (χ0n) is 15.1. The van der Waals surface area contributed by atoms with Gasteiger partial charge in [0, 0.05) is 23.7 Å². The largest absolute Gasteiger partial charge is 0.312 e. The fraction of sp³-hybridized carbons (Fsp3) is 0.316.